The quantitative estimate of drug-likeness (QED) is 0.875. The summed E-state index contributed by atoms with van der Waals surface area (Å²) >= 11 is 0. The Bertz CT molecular complexity index is 489. The van der Waals surface area contributed by atoms with Gasteiger partial charge in [-0.15, -0.1) is 0 Å². The topological polar surface area (TPSA) is 49.4 Å². The highest BCUT2D eigenvalue weighted by Gasteiger charge is 2.13. The van der Waals surface area contributed by atoms with Crippen LogP contribution in [0.5, 0.6) is 0 Å². The zero-order valence-corrected chi connectivity index (χ0v) is 13.7. The van der Waals surface area contributed by atoms with E-state index < -0.39 is 0 Å². The van der Waals surface area contributed by atoms with Crippen LogP contribution in [-0.2, 0) is 9.59 Å². The van der Waals surface area contributed by atoms with E-state index in [1.54, 1.807) is 11.8 Å². The minimum absolute atomic E-state index is 0.0172. The summed E-state index contributed by atoms with van der Waals surface area (Å²) in [6, 6.07) is 5.92. The van der Waals surface area contributed by atoms with Crippen LogP contribution in [0.15, 0.2) is 18.2 Å². The maximum atomic E-state index is 12.1. The highest BCUT2D eigenvalue weighted by molar-refractivity contribution is 5.92. The van der Waals surface area contributed by atoms with Crippen molar-refractivity contribution in [3.05, 3.63) is 29.3 Å². The molecule has 0 spiro atoms. The Hall–Kier alpha value is -1.84. The monoisotopic (exact) mass is 290 g/mol. The molecule has 0 saturated carbocycles. The Balaban J connectivity index is 2.59. The summed E-state index contributed by atoms with van der Waals surface area (Å²) in [5.41, 5.74) is 2.98. The van der Waals surface area contributed by atoms with Crippen molar-refractivity contribution >= 4 is 17.5 Å². The van der Waals surface area contributed by atoms with E-state index in [0.717, 1.165) is 16.8 Å². The predicted octanol–water partition coefficient (Wildman–Crippen LogP) is 3.14. The van der Waals surface area contributed by atoms with Crippen LogP contribution >= 0.6 is 0 Å². The van der Waals surface area contributed by atoms with E-state index in [1.807, 2.05) is 32.0 Å². The van der Waals surface area contributed by atoms with Crippen molar-refractivity contribution < 1.29 is 9.59 Å². The first-order valence-corrected chi connectivity index (χ1v) is 7.42. The zero-order chi connectivity index (χ0) is 16.0. The van der Waals surface area contributed by atoms with Gasteiger partial charge < -0.3 is 10.2 Å². The Kier molecular flexibility index (Phi) is 6.40. The molecular weight excluding hydrogens is 264 g/mol. The number of benzene rings is 1. The summed E-state index contributed by atoms with van der Waals surface area (Å²) in [4.78, 5) is 25.4. The number of carbonyl (C=O) groups is 2. The lowest BCUT2D eigenvalue weighted by atomic mass is 10.1. The van der Waals surface area contributed by atoms with Crippen LogP contribution in [0.1, 0.15) is 38.3 Å². The standard InChI is InChI=1S/C17H26N2O2/c1-12(2)11-19(15(5)20)10-9-16(21)18-17-13(3)7-6-8-14(17)4/h6-8,12H,9-11H2,1-5H3,(H,18,21). The van der Waals surface area contributed by atoms with Gasteiger partial charge in [0.25, 0.3) is 0 Å². The number of anilines is 1. The predicted molar refractivity (Wildman–Crippen MR) is 86.3 cm³/mol. The number of hydrogen-bond acceptors (Lipinski definition) is 2. The smallest absolute Gasteiger partial charge is 0.226 e. The average Bonchev–Trinajstić information content (AvgIpc) is 2.38. The maximum absolute atomic E-state index is 12.1. The molecule has 0 heterocycles. The van der Waals surface area contributed by atoms with Gasteiger partial charge in [-0.05, 0) is 30.9 Å². The second-order valence-electron chi connectivity index (χ2n) is 5.92. The summed E-state index contributed by atoms with van der Waals surface area (Å²) in [7, 11) is 0. The molecule has 4 nitrogen and oxygen atoms in total. The van der Waals surface area contributed by atoms with Crippen molar-refractivity contribution in [3.63, 3.8) is 0 Å². The first-order valence-electron chi connectivity index (χ1n) is 7.42. The van der Waals surface area contributed by atoms with E-state index >= 15 is 0 Å². The van der Waals surface area contributed by atoms with Gasteiger partial charge in [0, 0.05) is 32.1 Å². The lowest BCUT2D eigenvalue weighted by molar-refractivity contribution is -0.129. The Labute approximate surface area is 127 Å². The molecule has 0 aromatic heterocycles. The van der Waals surface area contributed by atoms with E-state index in [2.05, 4.69) is 19.2 Å². The molecule has 0 aliphatic rings. The number of aryl methyl sites for hydroxylation is 2. The highest BCUT2D eigenvalue weighted by atomic mass is 16.2. The van der Waals surface area contributed by atoms with Crippen LogP contribution in [0, 0.1) is 19.8 Å². The molecule has 116 valence electrons. The zero-order valence-electron chi connectivity index (χ0n) is 13.7. The van der Waals surface area contributed by atoms with Gasteiger partial charge in [0.1, 0.15) is 0 Å². The summed E-state index contributed by atoms with van der Waals surface area (Å²) in [6.45, 7) is 10.8. The van der Waals surface area contributed by atoms with Crippen LogP contribution in [0.3, 0.4) is 0 Å². The fourth-order valence-corrected chi connectivity index (χ4v) is 2.27. The second kappa shape index (κ2) is 7.81. The van der Waals surface area contributed by atoms with E-state index in [-0.39, 0.29) is 11.8 Å². The fourth-order valence-electron chi connectivity index (χ4n) is 2.27. The molecule has 0 unspecified atom stereocenters. The molecule has 1 rings (SSSR count). The molecule has 0 bridgehead atoms. The van der Waals surface area contributed by atoms with Crippen LogP contribution in [0.4, 0.5) is 5.69 Å². The van der Waals surface area contributed by atoms with Crippen LogP contribution in [0.2, 0.25) is 0 Å². The molecule has 0 atom stereocenters. The number of carbonyl (C=O) groups excluding carboxylic acids is 2. The fraction of sp³-hybridized carbons (Fsp3) is 0.529. The number of para-hydroxylation sites is 1. The molecule has 0 radical (unpaired) electrons. The van der Waals surface area contributed by atoms with Crippen molar-refractivity contribution in [2.24, 2.45) is 5.92 Å². The Morgan fingerprint density at radius 3 is 2.24 bits per heavy atom. The lowest BCUT2D eigenvalue weighted by Gasteiger charge is -2.23. The molecular formula is C17H26N2O2. The number of amides is 2. The van der Waals surface area contributed by atoms with Crippen LogP contribution in [0.25, 0.3) is 0 Å². The number of hydrogen-bond donors (Lipinski definition) is 1. The number of nitrogens with zero attached hydrogens (tertiary/aromatic N) is 1. The minimum atomic E-state index is -0.0533. The first-order chi connectivity index (χ1) is 9.81. The van der Waals surface area contributed by atoms with Gasteiger partial charge in [-0.25, -0.2) is 0 Å². The van der Waals surface area contributed by atoms with E-state index in [0.29, 0.717) is 25.4 Å². The van der Waals surface area contributed by atoms with Gasteiger partial charge in [0.15, 0.2) is 0 Å². The average molecular weight is 290 g/mol. The van der Waals surface area contributed by atoms with Crippen molar-refractivity contribution in [2.45, 2.75) is 41.0 Å². The van der Waals surface area contributed by atoms with Gasteiger partial charge in [0.05, 0.1) is 0 Å². The summed E-state index contributed by atoms with van der Waals surface area (Å²) < 4.78 is 0. The highest BCUT2D eigenvalue weighted by Crippen LogP contribution is 2.19. The van der Waals surface area contributed by atoms with Crippen LogP contribution in [-0.4, -0.2) is 29.8 Å². The van der Waals surface area contributed by atoms with E-state index in [9.17, 15) is 9.59 Å². The van der Waals surface area contributed by atoms with Crippen molar-refractivity contribution in [1.29, 1.82) is 0 Å². The number of rotatable bonds is 6. The van der Waals surface area contributed by atoms with E-state index in [1.165, 1.54) is 0 Å². The molecule has 1 N–H and O–H groups in total. The molecule has 0 saturated heterocycles. The summed E-state index contributed by atoms with van der Waals surface area (Å²) in [5, 5.41) is 2.95. The van der Waals surface area contributed by atoms with E-state index in [4.69, 9.17) is 0 Å². The molecule has 4 heteroatoms. The van der Waals surface area contributed by atoms with Crippen molar-refractivity contribution in [2.75, 3.05) is 18.4 Å². The molecule has 1 aromatic carbocycles. The third-order valence-corrected chi connectivity index (χ3v) is 3.39. The van der Waals surface area contributed by atoms with Gasteiger partial charge in [-0.3, -0.25) is 9.59 Å². The molecule has 2 amide bonds. The Morgan fingerprint density at radius 2 is 1.76 bits per heavy atom. The molecule has 0 aliphatic heterocycles. The van der Waals surface area contributed by atoms with Gasteiger partial charge in [-0.1, -0.05) is 32.0 Å². The number of nitrogens with one attached hydrogen (secondary N) is 1. The van der Waals surface area contributed by atoms with Gasteiger partial charge in [-0.2, -0.15) is 0 Å². The lowest BCUT2D eigenvalue weighted by Crippen LogP contribution is -2.35. The SMILES string of the molecule is CC(=O)N(CCC(=O)Nc1c(C)cccc1C)CC(C)C. The molecule has 0 fully saturated rings. The molecule has 0 aliphatic carbocycles. The van der Waals surface area contributed by atoms with Crippen molar-refractivity contribution in [1.82, 2.24) is 4.90 Å². The van der Waals surface area contributed by atoms with Gasteiger partial charge in [0.2, 0.25) is 11.8 Å². The first kappa shape index (κ1) is 17.2. The molecule has 1 aromatic rings. The maximum Gasteiger partial charge on any atom is 0.226 e. The van der Waals surface area contributed by atoms with Crippen LogP contribution < -0.4 is 5.32 Å². The largest absolute Gasteiger partial charge is 0.342 e. The second-order valence-corrected chi connectivity index (χ2v) is 5.92. The third-order valence-electron chi connectivity index (χ3n) is 3.39. The normalized spacial score (nSPS) is 10.6. The van der Waals surface area contributed by atoms with Gasteiger partial charge >= 0.3 is 0 Å². The Morgan fingerprint density at radius 1 is 1.19 bits per heavy atom. The minimum Gasteiger partial charge on any atom is -0.342 e. The summed E-state index contributed by atoms with van der Waals surface area (Å²) in [6.07, 6.45) is 0.320. The summed E-state index contributed by atoms with van der Waals surface area (Å²) in [5.74, 6) is 0.363. The van der Waals surface area contributed by atoms with Crippen molar-refractivity contribution in [3.8, 4) is 0 Å². The molecule has 21 heavy (non-hydrogen) atoms. The third kappa shape index (κ3) is 5.58.